The lowest BCUT2D eigenvalue weighted by Gasteiger charge is -2.09. The molecule has 0 aliphatic carbocycles. The van der Waals surface area contributed by atoms with Gasteiger partial charge in [0.05, 0.1) is 0 Å². The molecule has 1 unspecified atom stereocenters. The van der Waals surface area contributed by atoms with E-state index in [0.29, 0.717) is 12.3 Å². The third kappa shape index (κ3) is 3.93. The molecule has 2 aromatic rings. The molecular weight excluding hydrogens is 294 g/mol. The second-order valence-corrected chi connectivity index (χ2v) is 6.68. The average Bonchev–Trinajstić information content (AvgIpc) is 3.17. The highest BCUT2D eigenvalue weighted by Crippen LogP contribution is 2.26. The van der Waals surface area contributed by atoms with E-state index >= 15 is 0 Å². The number of aromatic nitrogens is 1. The molecule has 1 aromatic carbocycles. The van der Waals surface area contributed by atoms with Gasteiger partial charge in [-0.1, -0.05) is 12.1 Å². The summed E-state index contributed by atoms with van der Waals surface area (Å²) < 4.78 is 0. The van der Waals surface area contributed by atoms with Crippen molar-refractivity contribution >= 4 is 22.9 Å². The maximum absolute atomic E-state index is 12.1. The Hall–Kier alpha value is -1.72. The average molecular weight is 315 g/mol. The van der Waals surface area contributed by atoms with Gasteiger partial charge in [0.1, 0.15) is 5.01 Å². The summed E-state index contributed by atoms with van der Waals surface area (Å²) in [6.07, 6.45) is 2.74. The molecule has 5 heteroatoms. The van der Waals surface area contributed by atoms with E-state index in [2.05, 4.69) is 15.6 Å². The van der Waals surface area contributed by atoms with Gasteiger partial charge < -0.3 is 10.6 Å². The molecule has 22 heavy (non-hydrogen) atoms. The third-order valence-electron chi connectivity index (χ3n) is 3.95. The molecular formula is C17H21N3OS. The first kappa shape index (κ1) is 15.2. The highest BCUT2D eigenvalue weighted by atomic mass is 32.1. The molecule has 0 radical (unpaired) electrons. The summed E-state index contributed by atoms with van der Waals surface area (Å²) in [5.74, 6) is 0.745. The number of carbonyl (C=O) groups excluding carboxylic acids is 1. The van der Waals surface area contributed by atoms with E-state index < -0.39 is 0 Å². The zero-order valence-electron chi connectivity index (χ0n) is 12.8. The number of hydrogen-bond donors (Lipinski definition) is 2. The molecule has 1 amide bonds. The normalized spacial score (nSPS) is 17.6. The number of thiazole rings is 1. The van der Waals surface area contributed by atoms with Gasteiger partial charge in [0.2, 0.25) is 5.91 Å². The lowest BCUT2D eigenvalue weighted by molar-refractivity contribution is -0.116. The quantitative estimate of drug-likeness (QED) is 0.888. The van der Waals surface area contributed by atoms with Crippen LogP contribution in [0.2, 0.25) is 0 Å². The molecule has 1 aromatic heterocycles. The lowest BCUT2D eigenvalue weighted by atomic mass is 10.0. The van der Waals surface area contributed by atoms with Crippen molar-refractivity contribution in [3.63, 3.8) is 0 Å². The largest absolute Gasteiger partial charge is 0.326 e. The fraction of sp³-hybridized carbons (Fsp3) is 0.412. The van der Waals surface area contributed by atoms with E-state index in [4.69, 9.17) is 0 Å². The minimum absolute atomic E-state index is 0.0966. The number of aryl methyl sites for hydroxylation is 1. The van der Waals surface area contributed by atoms with Crippen LogP contribution in [0.4, 0.5) is 5.69 Å². The van der Waals surface area contributed by atoms with Crippen LogP contribution in [0.3, 0.4) is 0 Å². The number of carbonyl (C=O) groups is 1. The number of nitrogens with zero attached hydrogens (tertiary/aromatic N) is 1. The monoisotopic (exact) mass is 315 g/mol. The molecule has 1 aliphatic rings. The summed E-state index contributed by atoms with van der Waals surface area (Å²) in [5.41, 5.74) is 2.93. The Labute approximate surface area is 135 Å². The van der Waals surface area contributed by atoms with Crippen molar-refractivity contribution in [3.05, 3.63) is 35.3 Å². The second kappa shape index (κ2) is 7.03. The van der Waals surface area contributed by atoms with E-state index in [1.165, 1.54) is 6.42 Å². The molecule has 1 aliphatic heterocycles. The van der Waals surface area contributed by atoms with Crippen LogP contribution in [0.25, 0.3) is 10.6 Å². The first-order chi connectivity index (χ1) is 10.7. The number of hydrogen-bond acceptors (Lipinski definition) is 4. The van der Waals surface area contributed by atoms with Gasteiger partial charge >= 0.3 is 0 Å². The molecule has 2 heterocycles. The van der Waals surface area contributed by atoms with Gasteiger partial charge in [-0.15, -0.1) is 11.3 Å². The molecule has 0 saturated carbocycles. The van der Waals surface area contributed by atoms with Gasteiger partial charge in [-0.25, -0.2) is 4.98 Å². The molecule has 4 nitrogen and oxygen atoms in total. The second-order valence-electron chi connectivity index (χ2n) is 5.82. The maximum Gasteiger partial charge on any atom is 0.224 e. The molecule has 3 rings (SSSR count). The highest BCUT2D eigenvalue weighted by Gasteiger charge is 2.15. The number of anilines is 1. The Balaban J connectivity index is 1.58. The van der Waals surface area contributed by atoms with Crippen LogP contribution >= 0.6 is 11.3 Å². The molecule has 2 N–H and O–H groups in total. The third-order valence-corrected chi connectivity index (χ3v) is 4.96. The van der Waals surface area contributed by atoms with Crippen LogP contribution in [-0.4, -0.2) is 24.0 Å². The summed E-state index contributed by atoms with van der Waals surface area (Å²) in [6.45, 7) is 4.12. The zero-order valence-corrected chi connectivity index (χ0v) is 13.6. The molecule has 0 spiro atoms. The van der Waals surface area contributed by atoms with Crippen LogP contribution in [-0.2, 0) is 4.79 Å². The van der Waals surface area contributed by atoms with Crippen molar-refractivity contribution < 1.29 is 4.79 Å². The SMILES string of the molecule is Cc1csc(-c2cccc(NC(=O)CCC3CCNC3)c2)n1. The van der Waals surface area contributed by atoms with Gasteiger partial charge in [-0.3, -0.25) is 4.79 Å². The van der Waals surface area contributed by atoms with E-state index in [-0.39, 0.29) is 5.91 Å². The van der Waals surface area contributed by atoms with E-state index in [1.54, 1.807) is 11.3 Å². The van der Waals surface area contributed by atoms with Crippen molar-refractivity contribution in [1.82, 2.24) is 10.3 Å². The van der Waals surface area contributed by atoms with E-state index in [9.17, 15) is 4.79 Å². The number of amides is 1. The number of rotatable bonds is 5. The van der Waals surface area contributed by atoms with Crippen molar-refractivity contribution in [1.29, 1.82) is 0 Å². The van der Waals surface area contributed by atoms with Gasteiger partial charge in [-0.05, 0) is 50.9 Å². The summed E-state index contributed by atoms with van der Waals surface area (Å²) in [7, 11) is 0. The Morgan fingerprint density at radius 1 is 1.50 bits per heavy atom. The van der Waals surface area contributed by atoms with Gasteiger partial charge in [0.25, 0.3) is 0 Å². The molecule has 116 valence electrons. The number of nitrogens with one attached hydrogen (secondary N) is 2. The fourth-order valence-electron chi connectivity index (χ4n) is 2.74. The van der Waals surface area contributed by atoms with Crippen molar-refractivity contribution in [2.75, 3.05) is 18.4 Å². The molecule has 1 fully saturated rings. The van der Waals surface area contributed by atoms with Crippen molar-refractivity contribution in [3.8, 4) is 10.6 Å². The highest BCUT2D eigenvalue weighted by molar-refractivity contribution is 7.13. The minimum atomic E-state index is 0.0966. The van der Waals surface area contributed by atoms with Gasteiger partial charge in [0.15, 0.2) is 0 Å². The predicted octanol–water partition coefficient (Wildman–Crippen LogP) is 3.45. The van der Waals surface area contributed by atoms with Crippen LogP contribution in [0.15, 0.2) is 29.6 Å². The number of benzene rings is 1. The smallest absolute Gasteiger partial charge is 0.224 e. The van der Waals surface area contributed by atoms with Crippen LogP contribution in [0.1, 0.15) is 25.0 Å². The first-order valence-corrected chi connectivity index (χ1v) is 8.62. The fourth-order valence-corrected chi connectivity index (χ4v) is 3.53. The summed E-state index contributed by atoms with van der Waals surface area (Å²) in [6, 6.07) is 7.91. The standard InChI is InChI=1S/C17H21N3OS/c1-12-11-22-17(19-12)14-3-2-4-15(9-14)20-16(21)6-5-13-7-8-18-10-13/h2-4,9,11,13,18H,5-8,10H2,1H3,(H,20,21). The van der Waals surface area contributed by atoms with E-state index in [0.717, 1.165) is 41.5 Å². The van der Waals surface area contributed by atoms with Crippen molar-refractivity contribution in [2.45, 2.75) is 26.2 Å². The van der Waals surface area contributed by atoms with Crippen LogP contribution in [0, 0.1) is 12.8 Å². The maximum atomic E-state index is 12.1. The van der Waals surface area contributed by atoms with Crippen molar-refractivity contribution in [2.24, 2.45) is 5.92 Å². The van der Waals surface area contributed by atoms with Crippen LogP contribution in [0.5, 0.6) is 0 Å². The first-order valence-electron chi connectivity index (χ1n) is 7.74. The van der Waals surface area contributed by atoms with Gasteiger partial charge in [-0.2, -0.15) is 0 Å². The lowest BCUT2D eigenvalue weighted by Crippen LogP contribution is -2.15. The molecule has 1 saturated heterocycles. The molecule has 1 atom stereocenters. The minimum Gasteiger partial charge on any atom is -0.326 e. The predicted molar refractivity (Wildman–Crippen MR) is 91.1 cm³/mol. The Bertz CT molecular complexity index is 647. The Morgan fingerprint density at radius 3 is 3.14 bits per heavy atom. The Morgan fingerprint density at radius 2 is 2.41 bits per heavy atom. The molecule has 0 bridgehead atoms. The topological polar surface area (TPSA) is 54.0 Å². The summed E-state index contributed by atoms with van der Waals surface area (Å²) in [4.78, 5) is 16.6. The summed E-state index contributed by atoms with van der Waals surface area (Å²) >= 11 is 1.63. The summed E-state index contributed by atoms with van der Waals surface area (Å²) in [5, 5.41) is 9.37. The Kier molecular flexibility index (Phi) is 4.85. The zero-order chi connectivity index (χ0) is 15.4. The van der Waals surface area contributed by atoms with E-state index in [1.807, 2.05) is 36.6 Å². The van der Waals surface area contributed by atoms with Crippen LogP contribution < -0.4 is 10.6 Å². The van der Waals surface area contributed by atoms with Gasteiger partial charge in [0, 0.05) is 28.7 Å².